The van der Waals surface area contributed by atoms with Crippen molar-refractivity contribution in [1.29, 1.82) is 0 Å². The summed E-state index contributed by atoms with van der Waals surface area (Å²) in [5.41, 5.74) is 0.494. The maximum Gasteiger partial charge on any atom is 0.254 e. The Hall–Kier alpha value is -2.78. The van der Waals surface area contributed by atoms with Crippen molar-refractivity contribution in [2.45, 2.75) is 51.0 Å². The predicted molar refractivity (Wildman–Crippen MR) is 132 cm³/mol. The number of hydrogen-bond donors (Lipinski definition) is 1. The monoisotopic (exact) mass is 501 g/mol. The van der Waals surface area contributed by atoms with Gasteiger partial charge in [-0.15, -0.1) is 0 Å². The topological polar surface area (TPSA) is 86.8 Å². The van der Waals surface area contributed by atoms with Crippen LogP contribution in [0.1, 0.15) is 50.4 Å². The summed E-state index contributed by atoms with van der Waals surface area (Å²) in [5.74, 6) is -1.45. The Morgan fingerprint density at radius 1 is 1.11 bits per heavy atom. The van der Waals surface area contributed by atoms with Gasteiger partial charge in [0.15, 0.2) is 0 Å². The summed E-state index contributed by atoms with van der Waals surface area (Å²) in [4.78, 5) is 26.6. The van der Waals surface area contributed by atoms with Crippen molar-refractivity contribution in [1.82, 2.24) is 9.21 Å². The Kier molecular flexibility index (Phi) is 6.53. The van der Waals surface area contributed by atoms with E-state index in [2.05, 4.69) is 26.1 Å². The van der Waals surface area contributed by atoms with E-state index >= 15 is 0 Å². The van der Waals surface area contributed by atoms with Crippen molar-refractivity contribution in [3.8, 4) is 0 Å². The first kappa shape index (κ1) is 25.3. The summed E-state index contributed by atoms with van der Waals surface area (Å²) in [6, 6.07) is 11.4. The fraction of sp³-hybridized carbons (Fsp3) is 0.462. The molecule has 2 aromatic carbocycles. The lowest BCUT2D eigenvalue weighted by atomic mass is 9.65. The Balaban J connectivity index is 1.48. The average molecular weight is 502 g/mol. The summed E-state index contributed by atoms with van der Waals surface area (Å²) in [5, 5.41) is 2.55. The zero-order valence-electron chi connectivity index (χ0n) is 20.5. The fourth-order valence-corrected chi connectivity index (χ4v) is 7.71. The SMILES string of the molecule is CN(CC(=O)Nc1cccc(F)c1)C(=O)c1cccc(S(=O)(=O)N2C[C@]3(C)C[C@@H]2CC(C)(C)C3)c1. The fourth-order valence-electron chi connectivity index (χ4n) is 5.89. The number of fused-ring (bicyclic) bond motifs is 2. The predicted octanol–water partition coefficient (Wildman–Crippen LogP) is 4.13. The number of halogens is 1. The third-order valence-electron chi connectivity index (χ3n) is 6.89. The molecule has 188 valence electrons. The lowest BCUT2D eigenvalue weighted by Crippen LogP contribution is -2.38. The van der Waals surface area contributed by atoms with Gasteiger partial charge in [0.05, 0.1) is 11.4 Å². The van der Waals surface area contributed by atoms with Crippen LogP contribution in [-0.4, -0.2) is 55.6 Å². The highest BCUT2D eigenvalue weighted by Crippen LogP contribution is 2.53. The van der Waals surface area contributed by atoms with E-state index in [0.717, 1.165) is 19.3 Å². The van der Waals surface area contributed by atoms with E-state index < -0.39 is 27.7 Å². The summed E-state index contributed by atoms with van der Waals surface area (Å²) in [7, 11) is -2.32. The van der Waals surface area contributed by atoms with Crippen molar-refractivity contribution in [2.75, 3.05) is 25.5 Å². The number of nitrogens with zero attached hydrogens (tertiary/aromatic N) is 2. The normalized spacial score (nSPS) is 23.6. The first-order chi connectivity index (χ1) is 16.3. The third-order valence-corrected chi connectivity index (χ3v) is 8.78. The third kappa shape index (κ3) is 5.41. The molecule has 2 fully saturated rings. The second-order valence-corrected chi connectivity index (χ2v) is 12.9. The lowest BCUT2D eigenvalue weighted by Gasteiger charge is -2.39. The van der Waals surface area contributed by atoms with Crippen LogP contribution in [0.25, 0.3) is 0 Å². The van der Waals surface area contributed by atoms with E-state index in [0.29, 0.717) is 6.54 Å². The van der Waals surface area contributed by atoms with Gasteiger partial charge in [0.25, 0.3) is 5.91 Å². The van der Waals surface area contributed by atoms with Gasteiger partial charge in [-0.1, -0.05) is 32.9 Å². The summed E-state index contributed by atoms with van der Waals surface area (Å²) in [6.07, 6.45) is 2.63. The molecule has 4 rings (SSSR count). The molecule has 2 amide bonds. The van der Waals surface area contributed by atoms with Gasteiger partial charge in [-0.3, -0.25) is 9.59 Å². The molecule has 35 heavy (non-hydrogen) atoms. The number of benzene rings is 2. The molecule has 0 spiro atoms. The number of carbonyl (C=O) groups is 2. The van der Waals surface area contributed by atoms with Gasteiger partial charge < -0.3 is 10.2 Å². The van der Waals surface area contributed by atoms with Crippen LogP contribution in [0.3, 0.4) is 0 Å². The van der Waals surface area contributed by atoms with E-state index in [1.807, 2.05) is 0 Å². The van der Waals surface area contributed by atoms with Crippen molar-refractivity contribution >= 4 is 27.5 Å². The molecule has 2 bridgehead atoms. The lowest BCUT2D eigenvalue weighted by molar-refractivity contribution is -0.116. The van der Waals surface area contributed by atoms with Gasteiger partial charge in [0, 0.05) is 30.9 Å². The maximum absolute atomic E-state index is 13.6. The van der Waals surface area contributed by atoms with E-state index in [4.69, 9.17) is 0 Å². The highest BCUT2D eigenvalue weighted by molar-refractivity contribution is 7.89. The van der Waals surface area contributed by atoms with Crippen LogP contribution in [-0.2, 0) is 14.8 Å². The minimum Gasteiger partial charge on any atom is -0.332 e. The molecule has 7 nitrogen and oxygen atoms in total. The molecule has 0 aromatic heterocycles. The van der Waals surface area contributed by atoms with Crippen molar-refractivity contribution in [3.63, 3.8) is 0 Å². The van der Waals surface area contributed by atoms with Crippen molar-refractivity contribution in [2.24, 2.45) is 10.8 Å². The van der Waals surface area contributed by atoms with Crippen LogP contribution in [0.5, 0.6) is 0 Å². The average Bonchev–Trinajstić information content (AvgIpc) is 3.02. The van der Waals surface area contributed by atoms with Crippen LogP contribution in [0.4, 0.5) is 10.1 Å². The maximum atomic E-state index is 13.6. The molecule has 1 heterocycles. The molecule has 0 radical (unpaired) electrons. The molecule has 9 heteroatoms. The smallest absolute Gasteiger partial charge is 0.254 e. The summed E-state index contributed by atoms with van der Waals surface area (Å²) >= 11 is 0. The minimum atomic E-state index is -3.78. The quantitative estimate of drug-likeness (QED) is 0.645. The molecule has 1 N–H and O–H groups in total. The van der Waals surface area contributed by atoms with Crippen LogP contribution < -0.4 is 5.32 Å². The Morgan fingerprint density at radius 3 is 2.54 bits per heavy atom. The van der Waals surface area contributed by atoms with Crippen LogP contribution in [0, 0.1) is 16.6 Å². The standard InChI is InChI=1S/C26H32FN3O4S/c1-25(2)13-21-14-26(3,16-25)17-30(21)35(33,34)22-10-5-7-18(11-22)24(32)29(4)15-23(31)28-20-9-6-8-19(27)12-20/h5-12,21H,13-17H2,1-4H3,(H,28,31)/t21-,26+/m0/s1. The molecule has 2 aromatic rings. The molecule has 1 saturated carbocycles. The zero-order chi connectivity index (χ0) is 25.6. The van der Waals surface area contributed by atoms with Gasteiger partial charge in [-0.25, -0.2) is 12.8 Å². The molecule has 1 aliphatic carbocycles. The van der Waals surface area contributed by atoms with E-state index in [1.165, 1.54) is 48.3 Å². The highest BCUT2D eigenvalue weighted by Gasteiger charge is 2.53. The molecular formula is C26H32FN3O4S. The highest BCUT2D eigenvalue weighted by atomic mass is 32.2. The molecule has 2 aliphatic rings. The molecule has 1 saturated heterocycles. The van der Waals surface area contributed by atoms with Crippen LogP contribution >= 0.6 is 0 Å². The number of anilines is 1. The number of likely N-dealkylation sites (N-methyl/N-ethyl adjacent to an activating group) is 1. The van der Waals surface area contributed by atoms with Crippen molar-refractivity contribution < 1.29 is 22.4 Å². The molecule has 0 unspecified atom stereocenters. The second-order valence-electron chi connectivity index (χ2n) is 11.0. The Labute approximate surface area is 206 Å². The number of sulfonamides is 1. The number of hydrogen-bond acceptors (Lipinski definition) is 4. The van der Waals surface area contributed by atoms with Crippen LogP contribution in [0.2, 0.25) is 0 Å². The largest absolute Gasteiger partial charge is 0.332 e. The molecular weight excluding hydrogens is 469 g/mol. The van der Waals surface area contributed by atoms with Gasteiger partial charge in [0.2, 0.25) is 15.9 Å². The van der Waals surface area contributed by atoms with Gasteiger partial charge in [-0.05, 0) is 66.5 Å². The summed E-state index contributed by atoms with van der Waals surface area (Å²) < 4.78 is 42.1. The first-order valence-electron chi connectivity index (χ1n) is 11.7. The summed E-state index contributed by atoms with van der Waals surface area (Å²) in [6.45, 7) is 6.73. The van der Waals surface area contributed by atoms with Gasteiger partial charge in [0.1, 0.15) is 5.82 Å². The molecule has 2 atom stereocenters. The second kappa shape index (κ2) is 9.02. The van der Waals surface area contributed by atoms with Crippen LogP contribution in [0.15, 0.2) is 53.4 Å². The molecule has 1 aliphatic heterocycles. The first-order valence-corrected chi connectivity index (χ1v) is 13.1. The number of amides is 2. The Bertz CT molecular complexity index is 1260. The van der Waals surface area contributed by atoms with E-state index in [-0.39, 0.29) is 39.6 Å². The van der Waals surface area contributed by atoms with Crippen molar-refractivity contribution in [3.05, 3.63) is 59.9 Å². The number of rotatable bonds is 6. The van der Waals surface area contributed by atoms with Gasteiger partial charge >= 0.3 is 0 Å². The number of carbonyl (C=O) groups excluding carboxylic acids is 2. The zero-order valence-corrected chi connectivity index (χ0v) is 21.4. The number of nitrogens with one attached hydrogen (secondary N) is 1. The van der Waals surface area contributed by atoms with Gasteiger partial charge in [-0.2, -0.15) is 4.31 Å². The Morgan fingerprint density at radius 2 is 1.83 bits per heavy atom. The minimum absolute atomic E-state index is 0.0534. The van der Waals surface area contributed by atoms with E-state index in [9.17, 15) is 22.4 Å². The van der Waals surface area contributed by atoms with E-state index in [1.54, 1.807) is 16.4 Å².